The van der Waals surface area contributed by atoms with Crippen molar-refractivity contribution in [2.24, 2.45) is 0 Å². The third kappa shape index (κ3) is 4.85. The predicted molar refractivity (Wildman–Crippen MR) is 67.0 cm³/mol. The monoisotopic (exact) mass is 273 g/mol. The zero-order chi connectivity index (χ0) is 11.1. The van der Waals surface area contributed by atoms with Gasteiger partial charge >= 0.3 is 0 Å². The molecule has 2 nitrogen and oxygen atoms in total. The molecule has 0 aliphatic rings. The summed E-state index contributed by atoms with van der Waals surface area (Å²) in [6, 6.07) is 4.25. The van der Waals surface area contributed by atoms with Gasteiger partial charge in [-0.15, -0.1) is 0 Å². The van der Waals surface area contributed by atoms with E-state index in [2.05, 4.69) is 35.1 Å². The van der Waals surface area contributed by atoms with E-state index in [1.165, 1.54) is 25.7 Å². The fourth-order valence-corrected chi connectivity index (χ4v) is 1.85. The van der Waals surface area contributed by atoms with Gasteiger partial charge in [0.05, 0.1) is 6.04 Å². The Labute approximate surface area is 101 Å². The van der Waals surface area contributed by atoms with Crippen LogP contribution in [0.5, 0.6) is 0 Å². The highest BCUT2D eigenvalue weighted by Crippen LogP contribution is 2.19. The molecule has 1 N–H and O–H groups in total. The van der Waals surface area contributed by atoms with E-state index in [4.69, 9.17) is 4.42 Å². The lowest BCUT2D eigenvalue weighted by molar-refractivity contribution is 0.414. The second-order valence-corrected chi connectivity index (χ2v) is 4.66. The fourth-order valence-electron chi connectivity index (χ4n) is 1.53. The lowest BCUT2D eigenvalue weighted by Gasteiger charge is -2.10. The quantitative estimate of drug-likeness (QED) is 0.751. The highest BCUT2D eigenvalue weighted by Gasteiger charge is 2.08. The van der Waals surface area contributed by atoms with Crippen molar-refractivity contribution in [3.63, 3.8) is 0 Å². The van der Waals surface area contributed by atoms with Crippen molar-refractivity contribution in [1.82, 2.24) is 5.32 Å². The topological polar surface area (TPSA) is 25.2 Å². The number of furan rings is 1. The average molecular weight is 274 g/mol. The van der Waals surface area contributed by atoms with Crippen LogP contribution in [-0.4, -0.2) is 6.54 Å². The Balaban J connectivity index is 2.16. The maximum atomic E-state index is 5.48. The van der Waals surface area contributed by atoms with E-state index < -0.39 is 0 Å². The Morgan fingerprint density at radius 3 is 2.73 bits per heavy atom. The van der Waals surface area contributed by atoms with Crippen LogP contribution in [-0.2, 0) is 0 Å². The lowest BCUT2D eigenvalue weighted by atomic mass is 10.2. The van der Waals surface area contributed by atoms with Crippen molar-refractivity contribution < 1.29 is 4.42 Å². The summed E-state index contributed by atoms with van der Waals surface area (Å²) in [4.78, 5) is 0. The molecule has 0 bridgehead atoms. The minimum Gasteiger partial charge on any atom is -0.453 e. The van der Waals surface area contributed by atoms with E-state index in [9.17, 15) is 0 Å². The standard InChI is InChI=1S/C12H20BrNO/c1-3-4-5-6-9-14-10(2)11-7-8-12(13)15-11/h7-8,10,14H,3-6,9H2,1-2H3. The molecular weight excluding hydrogens is 254 g/mol. The van der Waals surface area contributed by atoms with Crippen molar-refractivity contribution in [1.29, 1.82) is 0 Å². The highest BCUT2D eigenvalue weighted by atomic mass is 79.9. The van der Waals surface area contributed by atoms with Crippen LogP contribution >= 0.6 is 15.9 Å². The summed E-state index contributed by atoms with van der Waals surface area (Å²) in [5, 5.41) is 3.46. The molecule has 0 saturated heterocycles. The largest absolute Gasteiger partial charge is 0.453 e. The number of hydrogen-bond donors (Lipinski definition) is 1. The molecule has 0 spiro atoms. The molecule has 1 rings (SSSR count). The van der Waals surface area contributed by atoms with Crippen LogP contribution in [0.3, 0.4) is 0 Å². The van der Waals surface area contributed by atoms with Gasteiger partial charge < -0.3 is 9.73 Å². The first kappa shape index (κ1) is 12.8. The molecule has 0 aromatic carbocycles. The van der Waals surface area contributed by atoms with Crippen LogP contribution in [0.2, 0.25) is 0 Å². The van der Waals surface area contributed by atoms with Crippen LogP contribution in [0, 0.1) is 0 Å². The minimum atomic E-state index is 0.304. The third-order valence-electron chi connectivity index (χ3n) is 2.50. The lowest BCUT2D eigenvalue weighted by Crippen LogP contribution is -2.19. The molecule has 0 amide bonds. The summed E-state index contributed by atoms with van der Waals surface area (Å²) in [5.74, 6) is 0.998. The van der Waals surface area contributed by atoms with Gasteiger partial charge in [0.25, 0.3) is 0 Å². The molecule has 0 radical (unpaired) electrons. The van der Waals surface area contributed by atoms with E-state index in [1.807, 2.05) is 12.1 Å². The number of hydrogen-bond acceptors (Lipinski definition) is 2. The molecule has 1 atom stereocenters. The van der Waals surface area contributed by atoms with Gasteiger partial charge in [-0.25, -0.2) is 0 Å². The molecule has 0 fully saturated rings. The van der Waals surface area contributed by atoms with Gasteiger partial charge in [0.1, 0.15) is 5.76 Å². The molecule has 1 unspecified atom stereocenters. The summed E-state index contributed by atoms with van der Waals surface area (Å²) in [6.07, 6.45) is 5.20. The Morgan fingerprint density at radius 2 is 2.13 bits per heavy atom. The Bertz CT molecular complexity index is 272. The van der Waals surface area contributed by atoms with E-state index in [1.54, 1.807) is 0 Å². The van der Waals surface area contributed by atoms with Gasteiger partial charge in [0, 0.05) is 0 Å². The Morgan fingerprint density at radius 1 is 1.33 bits per heavy atom. The molecule has 1 heterocycles. The zero-order valence-corrected chi connectivity index (χ0v) is 11.1. The molecule has 15 heavy (non-hydrogen) atoms. The van der Waals surface area contributed by atoms with Crippen molar-refractivity contribution in [3.05, 3.63) is 22.6 Å². The van der Waals surface area contributed by atoms with E-state index in [-0.39, 0.29) is 0 Å². The number of halogens is 1. The minimum absolute atomic E-state index is 0.304. The third-order valence-corrected chi connectivity index (χ3v) is 2.93. The SMILES string of the molecule is CCCCCCNC(C)c1ccc(Br)o1. The van der Waals surface area contributed by atoms with E-state index >= 15 is 0 Å². The smallest absolute Gasteiger partial charge is 0.169 e. The number of nitrogens with one attached hydrogen (secondary N) is 1. The molecule has 3 heteroatoms. The second kappa shape index (κ2) is 7.07. The second-order valence-electron chi connectivity index (χ2n) is 3.88. The first-order valence-electron chi connectivity index (χ1n) is 5.72. The Kier molecular flexibility index (Phi) is 6.03. The van der Waals surface area contributed by atoms with Gasteiger partial charge in [0.15, 0.2) is 4.67 Å². The van der Waals surface area contributed by atoms with Crippen molar-refractivity contribution >= 4 is 15.9 Å². The molecule has 0 aliphatic carbocycles. The summed E-state index contributed by atoms with van der Waals surface area (Å²) >= 11 is 3.31. The first-order chi connectivity index (χ1) is 7.24. The van der Waals surface area contributed by atoms with Crippen LogP contribution in [0.25, 0.3) is 0 Å². The molecule has 1 aromatic heterocycles. The van der Waals surface area contributed by atoms with Gasteiger partial charge in [-0.2, -0.15) is 0 Å². The number of unbranched alkanes of at least 4 members (excludes halogenated alkanes) is 3. The number of rotatable bonds is 7. The normalized spacial score (nSPS) is 13.0. The summed E-state index contributed by atoms with van der Waals surface area (Å²) in [7, 11) is 0. The Hall–Kier alpha value is -0.280. The average Bonchev–Trinajstić information content (AvgIpc) is 2.64. The zero-order valence-electron chi connectivity index (χ0n) is 9.55. The van der Waals surface area contributed by atoms with Gasteiger partial charge in [-0.1, -0.05) is 26.2 Å². The predicted octanol–water partition coefficient (Wildman–Crippen LogP) is 4.27. The van der Waals surface area contributed by atoms with Crippen molar-refractivity contribution in [2.75, 3.05) is 6.54 Å². The van der Waals surface area contributed by atoms with Crippen molar-refractivity contribution in [3.8, 4) is 0 Å². The molecule has 1 aromatic rings. The molecular formula is C12H20BrNO. The maximum Gasteiger partial charge on any atom is 0.169 e. The molecule has 86 valence electrons. The van der Waals surface area contributed by atoms with Crippen LogP contribution in [0.1, 0.15) is 51.3 Å². The summed E-state index contributed by atoms with van der Waals surface area (Å²) in [5.41, 5.74) is 0. The summed E-state index contributed by atoms with van der Waals surface area (Å²) in [6.45, 7) is 5.43. The fraction of sp³-hybridized carbons (Fsp3) is 0.667. The van der Waals surface area contributed by atoms with Crippen LogP contribution in [0.15, 0.2) is 21.2 Å². The maximum absolute atomic E-state index is 5.48. The van der Waals surface area contributed by atoms with Crippen LogP contribution in [0.4, 0.5) is 0 Å². The first-order valence-corrected chi connectivity index (χ1v) is 6.52. The summed E-state index contributed by atoms with van der Waals surface area (Å²) < 4.78 is 6.28. The highest BCUT2D eigenvalue weighted by molar-refractivity contribution is 9.10. The van der Waals surface area contributed by atoms with E-state index in [0.29, 0.717) is 6.04 Å². The van der Waals surface area contributed by atoms with Crippen molar-refractivity contribution in [2.45, 2.75) is 45.6 Å². The van der Waals surface area contributed by atoms with Crippen LogP contribution < -0.4 is 5.32 Å². The van der Waals surface area contributed by atoms with E-state index in [0.717, 1.165) is 17.0 Å². The molecule has 0 saturated carbocycles. The molecule has 0 aliphatic heterocycles. The van der Waals surface area contributed by atoms with Gasteiger partial charge in [-0.05, 0) is 48.0 Å². The van der Waals surface area contributed by atoms with Gasteiger partial charge in [-0.3, -0.25) is 0 Å². The van der Waals surface area contributed by atoms with Gasteiger partial charge in [0.2, 0.25) is 0 Å².